The number of halogens is 2. The molecular weight excluding hydrogens is 318 g/mol. The van der Waals surface area contributed by atoms with E-state index >= 15 is 0 Å². The summed E-state index contributed by atoms with van der Waals surface area (Å²) < 4.78 is 0. The second-order valence-electron chi connectivity index (χ2n) is 3.57. The van der Waals surface area contributed by atoms with E-state index in [0.29, 0.717) is 0 Å². The molecule has 0 aromatic carbocycles. The van der Waals surface area contributed by atoms with Crippen molar-refractivity contribution in [3.8, 4) is 0 Å². The standard InChI is InChI=1S/C12H18BrN.BrH/c13-9-5-3-1-2-4-7-12-8-6-10-14-11-12;/h6,8,10-11H,1-5,7,9H2;1H/p-1. The molecule has 0 radical (unpaired) electrons. The highest BCUT2D eigenvalue weighted by Gasteiger charge is 1.93. The second-order valence-corrected chi connectivity index (χ2v) is 4.36. The van der Waals surface area contributed by atoms with E-state index in [9.17, 15) is 0 Å². The number of alkyl halides is 1. The number of nitrogens with zero attached hydrogens (tertiary/aromatic N) is 1. The van der Waals surface area contributed by atoms with Gasteiger partial charge in [0.2, 0.25) is 0 Å². The third-order valence-corrected chi connectivity index (χ3v) is 2.88. The van der Waals surface area contributed by atoms with Crippen molar-refractivity contribution < 1.29 is 17.0 Å². The molecule has 1 heterocycles. The van der Waals surface area contributed by atoms with Gasteiger partial charge in [0.1, 0.15) is 0 Å². The van der Waals surface area contributed by atoms with Gasteiger partial charge >= 0.3 is 0 Å². The van der Waals surface area contributed by atoms with Crippen molar-refractivity contribution in [1.82, 2.24) is 4.98 Å². The molecular formula is C12H18Br2N-. The normalized spacial score (nSPS) is 9.67. The predicted molar refractivity (Wildman–Crippen MR) is 64.8 cm³/mol. The first-order valence-corrected chi connectivity index (χ1v) is 6.50. The SMILES string of the molecule is BrCCCCCCCc1cccnc1.[Br-]. The van der Waals surface area contributed by atoms with E-state index in [1.54, 1.807) is 0 Å². The van der Waals surface area contributed by atoms with Crippen molar-refractivity contribution in [2.24, 2.45) is 0 Å². The van der Waals surface area contributed by atoms with Gasteiger partial charge in [0.15, 0.2) is 0 Å². The van der Waals surface area contributed by atoms with Crippen molar-refractivity contribution in [2.75, 3.05) is 5.33 Å². The predicted octanol–water partition coefficient (Wildman–Crippen LogP) is 0.973. The molecule has 15 heavy (non-hydrogen) atoms. The molecule has 0 unspecified atom stereocenters. The number of pyridine rings is 1. The van der Waals surface area contributed by atoms with E-state index in [0.717, 1.165) is 5.33 Å². The maximum Gasteiger partial charge on any atom is 0.0299 e. The molecule has 0 bridgehead atoms. The Kier molecular flexibility index (Phi) is 10.7. The summed E-state index contributed by atoms with van der Waals surface area (Å²) in [5, 5.41) is 1.15. The van der Waals surface area contributed by atoms with E-state index in [-0.39, 0.29) is 17.0 Å². The molecule has 1 rings (SSSR count). The van der Waals surface area contributed by atoms with Crippen LogP contribution in [0.15, 0.2) is 24.5 Å². The second kappa shape index (κ2) is 10.6. The molecule has 1 nitrogen and oxygen atoms in total. The van der Waals surface area contributed by atoms with Gasteiger partial charge in [-0.2, -0.15) is 0 Å². The Balaban J connectivity index is 0.00000196. The maximum atomic E-state index is 4.11. The average molecular weight is 336 g/mol. The van der Waals surface area contributed by atoms with Crippen molar-refractivity contribution in [1.29, 1.82) is 0 Å². The largest absolute Gasteiger partial charge is 1.00 e. The number of unbranched alkanes of at least 4 members (excludes halogenated alkanes) is 4. The van der Waals surface area contributed by atoms with Gasteiger partial charge in [-0.3, -0.25) is 4.98 Å². The first kappa shape index (κ1) is 15.1. The zero-order valence-corrected chi connectivity index (χ0v) is 12.1. The molecule has 3 heteroatoms. The van der Waals surface area contributed by atoms with Crippen LogP contribution < -0.4 is 17.0 Å². The molecule has 0 fully saturated rings. The van der Waals surface area contributed by atoms with Crippen molar-refractivity contribution >= 4 is 15.9 Å². The van der Waals surface area contributed by atoms with E-state index in [4.69, 9.17) is 0 Å². The molecule has 0 aliphatic carbocycles. The van der Waals surface area contributed by atoms with Crippen molar-refractivity contribution in [3.05, 3.63) is 30.1 Å². The van der Waals surface area contributed by atoms with Gasteiger partial charge in [0.05, 0.1) is 0 Å². The Morgan fingerprint density at radius 1 is 1.07 bits per heavy atom. The van der Waals surface area contributed by atoms with Crippen LogP contribution in [0.5, 0.6) is 0 Å². The summed E-state index contributed by atoms with van der Waals surface area (Å²) in [6, 6.07) is 4.17. The minimum absolute atomic E-state index is 0. The molecule has 0 N–H and O–H groups in total. The molecule has 0 amide bonds. The summed E-state index contributed by atoms with van der Waals surface area (Å²) in [4.78, 5) is 4.11. The van der Waals surface area contributed by atoms with Crippen LogP contribution >= 0.6 is 15.9 Å². The average Bonchev–Trinajstić information content (AvgIpc) is 2.25. The van der Waals surface area contributed by atoms with Crippen LogP contribution in [-0.4, -0.2) is 10.3 Å². The maximum absolute atomic E-state index is 4.11. The topological polar surface area (TPSA) is 12.9 Å². The fraction of sp³-hybridized carbons (Fsp3) is 0.583. The van der Waals surface area contributed by atoms with Crippen LogP contribution in [0.25, 0.3) is 0 Å². The number of hydrogen-bond donors (Lipinski definition) is 0. The fourth-order valence-corrected chi connectivity index (χ4v) is 1.90. The smallest absolute Gasteiger partial charge is 0.0299 e. The summed E-state index contributed by atoms with van der Waals surface area (Å²) in [5.74, 6) is 0. The van der Waals surface area contributed by atoms with Crippen LogP contribution in [0.3, 0.4) is 0 Å². The van der Waals surface area contributed by atoms with Gasteiger partial charge in [0.25, 0.3) is 0 Å². The van der Waals surface area contributed by atoms with Crippen molar-refractivity contribution in [3.63, 3.8) is 0 Å². The lowest BCUT2D eigenvalue weighted by Crippen LogP contribution is -3.00. The Bertz CT molecular complexity index is 226. The molecule has 0 saturated carbocycles. The molecule has 0 saturated heterocycles. The first-order valence-electron chi connectivity index (χ1n) is 5.38. The third-order valence-electron chi connectivity index (χ3n) is 2.32. The molecule has 86 valence electrons. The minimum Gasteiger partial charge on any atom is -1.00 e. The highest BCUT2D eigenvalue weighted by Crippen LogP contribution is 2.08. The van der Waals surface area contributed by atoms with Crippen LogP contribution in [0.1, 0.15) is 37.7 Å². The Hall–Kier alpha value is 0.110. The first-order chi connectivity index (χ1) is 6.93. The molecule has 0 aliphatic rings. The van der Waals surface area contributed by atoms with Crippen molar-refractivity contribution in [2.45, 2.75) is 38.5 Å². The Morgan fingerprint density at radius 3 is 2.47 bits per heavy atom. The van der Waals surface area contributed by atoms with E-state index in [1.807, 2.05) is 18.5 Å². The van der Waals surface area contributed by atoms with E-state index < -0.39 is 0 Å². The minimum atomic E-state index is 0. The molecule has 1 aromatic heterocycles. The Morgan fingerprint density at radius 2 is 1.80 bits per heavy atom. The molecule has 0 aliphatic heterocycles. The van der Waals surface area contributed by atoms with Crippen LogP contribution in [-0.2, 0) is 6.42 Å². The lowest BCUT2D eigenvalue weighted by Gasteiger charge is -2.00. The van der Waals surface area contributed by atoms with E-state index in [1.165, 1.54) is 44.1 Å². The molecule has 0 atom stereocenters. The van der Waals surface area contributed by atoms with Crippen LogP contribution in [0.2, 0.25) is 0 Å². The molecule has 1 aromatic rings. The zero-order chi connectivity index (χ0) is 10.1. The van der Waals surface area contributed by atoms with Gasteiger partial charge in [-0.25, -0.2) is 0 Å². The monoisotopic (exact) mass is 334 g/mol. The Labute approximate surface area is 112 Å². The number of aromatic nitrogens is 1. The summed E-state index contributed by atoms with van der Waals surface area (Å²) in [6.07, 6.45) is 11.7. The quantitative estimate of drug-likeness (QED) is 0.534. The highest BCUT2D eigenvalue weighted by atomic mass is 79.9. The van der Waals surface area contributed by atoms with E-state index in [2.05, 4.69) is 27.0 Å². The molecule has 0 spiro atoms. The summed E-state index contributed by atoms with van der Waals surface area (Å²) in [7, 11) is 0. The third kappa shape index (κ3) is 7.97. The number of rotatable bonds is 7. The lowest BCUT2D eigenvalue weighted by molar-refractivity contribution is -0.00000291. The summed E-state index contributed by atoms with van der Waals surface area (Å²) >= 11 is 3.45. The van der Waals surface area contributed by atoms with Gasteiger partial charge in [-0.15, -0.1) is 0 Å². The zero-order valence-electron chi connectivity index (χ0n) is 8.96. The van der Waals surface area contributed by atoms with Crippen LogP contribution in [0, 0.1) is 0 Å². The number of aryl methyl sites for hydroxylation is 1. The highest BCUT2D eigenvalue weighted by molar-refractivity contribution is 9.09. The van der Waals surface area contributed by atoms with Crippen LogP contribution in [0.4, 0.5) is 0 Å². The number of hydrogen-bond acceptors (Lipinski definition) is 1. The van der Waals surface area contributed by atoms with Gasteiger partial charge in [-0.05, 0) is 30.9 Å². The van der Waals surface area contributed by atoms with Gasteiger partial charge < -0.3 is 17.0 Å². The summed E-state index contributed by atoms with van der Waals surface area (Å²) in [6.45, 7) is 0. The summed E-state index contributed by atoms with van der Waals surface area (Å²) in [5.41, 5.74) is 1.37. The van der Waals surface area contributed by atoms with Gasteiger partial charge in [0, 0.05) is 17.7 Å². The van der Waals surface area contributed by atoms with Gasteiger partial charge in [-0.1, -0.05) is 41.3 Å². The lowest BCUT2D eigenvalue weighted by atomic mass is 10.1. The fourth-order valence-electron chi connectivity index (χ4n) is 1.50.